The minimum Gasteiger partial charge on any atom is -0.379 e. The Balaban J connectivity index is 2.03. The minimum atomic E-state index is -3.32. The highest BCUT2D eigenvalue weighted by Crippen LogP contribution is 2.18. The van der Waals surface area contributed by atoms with E-state index in [0.29, 0.717) is 18.8 Å². The number of carbonyl (C=O) groups excluding carboxylic acids is 1. The molecule has 7 nitrogen and oxygen atoms in total. The van der Waals surface area contributed by atoms with Crippen LogP contribution in [0.5, 0.6) is 0 Å². The molecule has 1 fully saturated rings. The van der Waals surface area contributed by atoms with Crippen LogP contribution in [0.25, 0.3) is 0 Å². The number of amides is 1. The zero-order valence-electron chi connectivity index (χ0n) is 12.4. The van der Waals surface area contributed by atoms with Crippen LogP contribution in [-0.4, -0.2) is 62.7 Å². The number of aryl methyl sites for hydroxylation is 1. The van der Waals surface area contributed by atoms with E-state index in [0.717, 1.165) is 5.69 Å². The van der Waals surface area contributed by atoms with Gasteiger partial charge in [-0.25, -0.2) is 12.7 Å². The van der Waals surface area contributed by atoms with E-state index in [-0.39, 0.29) is 23.6 Å². The summed E-state index contributed by atoms with van der Waals surface area (Å²) in [5, 5.41) is 2.87. The molecule has 8 heteroatoms. The fourth-order valence-electron chi connectivity index (χ4n) is 2.29. The van der Waals surface area contributed by atoms with Crippen molar-refractivity contribution in [2.75, 3.05) is 33.1 Å². The van der Waals surface area contributed by atoms with Crippen LogP contribution in [-0.2, 0) is 14.8 Å². The maximum absolute atomic E-state index is 12.2. The van der Waals surface area contributed by atoms with Gasteiger partial charge in [-0.05, 0) is 13.0 Å². The first-order chi connectivity index (χ1) is 9.81. The molecule has 1 amide bonds. The summed E-state index contributed by atoms with van der Waals surface area (Å²) in [5.74, 6) is -0.478. The lowest BCUT2D eigenvalue weighted by atomic mass is 10.1. The van der Waals surface area contributed by atoms with Crippen molar-refractivity contribution >= 4 is 15.9 Å². The molecule has 2 heterocycles. The Morgan fingerprint density at radius 1 is 1.48 bits per heavy atom. The summed E-state index contributed by atoms with van der Waals surface area (Å²) >= 11 is 0. The number of aromatic amines is 1. The van der Waals surface area contributed by atoms with Crippen molar-refractivity contribution in [3.05, 3.63) is 23.5 Å². The summed E-state index contributed by atoms with van der Waals surface area (Å²) in [7, 11) is -0.313. The monoisotopic (exact) mass is 315 g/mol. The lowest BCUT2D eigenvalue weighted by molar-refractivity contribution is 0.0925. The topological polar surface area (TPSA) is 91.5 Å². The number of ether oxygens (including phenoxy) is 1. The predicted octanol–water partition coefficient (Wildman–Crippen LogP) is -0.0407. The van der Waals surface area contributed by atoms with Crippen LogP contribution in [0.2, 0.25) is 0 Å². The lowest BCUT2D eigenvalue weighted by Gasteiger charge is -2.21. The van der Waals surface area contributed by atoms with Crippen LogP contribution < -0.4 is 5.32 Å². The van der Waals surface area contributed by atoms with Gasteiger partial charge in [0.2, 0.25) is 10.0 Å². The SMILES string of the molecule is Cc1[nH]ccc1C(=O)N[C@H]1COC[C@H]1CS(=O)(=O)N(C)C. The molecule has 2 atom stereocenters. The Kier molecular flexibility index (Phi) is 4.70. The number of hydrogen-bond donors (Lipinski definition) is 2. The van der Waals surface area contributed by atoms with Gasteiger partial charge in [0.05, 0.1) is 30.6 Å². The molecule has 0 bridgehead atoms. The molecule has 0 saturated carbocycles. The summed E-state index contributed by atoms with van der Waals surface area (Å²) in [6.07, 6.45) is 1.70. The zero-order chi connectivity index (χ0) is 15.6. The highest BCUT2D eigenvalue weighted by atomic mass is 32.2. The van der Waals surface area contributed by atoms with Crippen molar-refractivity contribution in [2.45, 2.75) is 13.0 Å². The van der Waals surface area contributed by atoms with Crippen LogP contribution in [0.3, 0.4) is 0 Å². The molecule has 0 radical (unpaired) electrons. The summed E-state index contributed by atoms with van der Waals surface area (Å²) in [6.45, 7) is 2.49. The Bertz CT molecular complexity index is 609. The largest absolute Gasteiger partial charge is 0.379 e. The number of nitrogens with zero attached hydrogens (tertiary/aromatic N) is 1. The van der Waals surface area contributed by atoms with Gasteiger partial charge in [0.1, 0.15) is 0 Å². The standard InChI is InChI=1S/C13H21N3O4S/c1-9-11(4-5-14-9)13(17)15-12-7-20-6-10(12)8-21(18,19)16(2)3/h4-5,10,12,14H,6-8H2,1-3H3,(H,15,17)/t10-,12-/m0/s1. The molecule has 0 aromatic carbocycles. The molecule has 1 aromatic heterocycles. The Hall–Kier alpha value is -1.38. The van der Waals surface area contributed by atoms with Gasteiger partial charge < -0.3 is 15.0 Å². The lowest BCUT2D eigenvalue weighted by Crippen LogP contribution is -2.43. The average Bonchev–Trinajstić information content (AvgIpc) is 2.98. The molecule has 0 unspecified atom stereocenters. The first-order valence-corrected chi connectivity index (χ1v) is 8.35. The second kappa shape index (κ2) is 6.17. The van der Waals surface area contributed by atoms with Crippen LogP contribution in [0, 0.1) is 12.8 Å². The van der Waals surface area contributed by atoms with Crippen molar-refractivity contribution in [3.8, 4) is 0 Å². The normalized spacial score (nSPS) is 22.7. The van der Waals surface area contributed by atoms with Gasteiger partial charge in [-0.15, -0.1) is 0 Å². The molecule has 21 heavy (non-hydrogen) atoms. The molecule has 1 aliphatic heterocycles. The number of carbonyl (C=O) groups is 1. The molecule has 1 saturated heterocycles. The van der Waals surface area contributed by atoms with Gasteiger partial charge in [-0.3, -0.25) is 4.79 Å². The summed E-state index contributed by atoms with van der Waals surface area (Å²) in [5.41, 5.74) is 1.35. The molecule has 2 N–H and O–H groups in total. The second-order valence-corrected chi connectivity index (χ2v) is 7.68. The third-order valence-corrected chi connectivity index (χ3v) is 5.66. The highest BCUT2D eigenvalue weighted by molar-refractivity contribution is 7.89. The Morgan fingerprint density at radius 2 is 2.19 bits per heavy atom. The maximum atomic E-state index is 12.2. The molecule has 1 aliphatic rings. The molecule has 0 spiro atoms. The van der Waals surface area contributed by atoms with E-state index in [2.05, 4.69) is 10.3 Å². The predicted molar refractivity (Wildman–Crippen MR) is 78.6 cm³/mol. The van der Waals surface area contributed by atoms with Crippen LogP contribution in [0.15, 0.2) is 12.3 Å². The maximum Gasteiger partial charge on any atom is 0.253 e. The number of hydrogen-bond acceptors (Lipinski definition) is 4. The Labute approximate surface area is 124 Å². The van der Waals surface area contributed by atoms with Crippen molar-refractivity contribution < 1.29 is 17.9 Å². The zero-order valence-corrected chi connectivity index (χ0v) is 13.2. The van der Waals surface area contributed by atoms with E-state index < -0.39 is 10.0 Å². The molecule has 1 aromatic rings. The van der Waals surface area contributed by atoms with Gasteiger partial charge >= 0.3 is 0 Å². The van der Waals surface area contributed by atoms with Crippen LogP contribution >= 0.6 is 0 Å². The minimum absolute atomic E-state index is 0.0307. The van der Waals surface area contributed by atoms with Crippen molar-refractivity contribution in [1.82, 2.24) is 14.6 Å². The van der Waals surface area contributed by atoms with Crippen molar-refractivity contribution in [3.63, 3.8) is 0 Å². The van der Waals surface area contributed by atoms with Gasteiger partial charge in [0, 0.05) is 31.9 Å². The van der Waals surface area contributed by atoms with Crippen LogP contribution in [0.4, 0.5) is 0 Å². The first kappa shape index (κ1) is 16.0. The molecule has 0 aliphatic carbocycles. The number of rotatable bonds is 5. The number of aromatic nitrogens is 1. The molecule has 118 valence electrons. The Morgan fingerprint density at radius 3 is 2.76 bits per heavy atom. The van der Waals surface area contributed by atoms with E-state index in [9.17, 15) is 13.2 Å². The third-order valence-electron chi connectivity index (χ3n) is 3.69. The van der Waals surface area contributed by atoms with Gasteiger partial charge in [-0.1, -0.05) is 0 Å². The average molecular weight is 315 g/mol. The summed E-state index contributed by atoms with van der Waals surface area (Å²) < 4.78 is 30.4. The van der Waals surface area contributed by atoms with Crippen LogP contribution in [0.1, 0.15) is 16.1 Å². The van der Waals surface area contributed by atoms with E-state index in [1.165, 1.54) is 18.4 Å². The first-order valence-electron chi connectivity index (χ1n) is 6.74. The fraction of sp³-hybridized carbons (Fsp3) is 0.615. The second-order valence-electron chi connectivity index (χ2n) is 5.45. The van der Waals surface area contributed by atoms with Crippen molar-refractivity contribution in [1.29, 1.82) is 0 Å². The highest BCUT2D eigenvalue weighted by Gasteiger charge is 2.34. The van der Waals surface area contributed by atoms with Gasteiger partial charge in [0.15, 0.2) is 0 Å². The smallest absolute Gasteiger partial charge is 0.253 e. The molecular weight excluding hydrogens is 294 g/mol. The van der Waals surface area contributed by atoms with Gasteiger partial charge in [0.25, 0.3) is 5.91 Å². The van der Waals surface area contributed by atoms with E-state index in [1.54, 1.807) is 12.3 Å². The molecular formula is C13H21N3O4S. The summed E-state index contributed by atoms with van der Waals surface area (Å²) in [4.78, 5) is 15.1. The van der Waals surface area contributed by atoms with E-state index in [1.807, 2.05) is 6.92 Å². The fourth-order valence-corrected chi connectivity index (χ4v) is 3.45. The van der Waals surface area contributed by atoms with E-state index in [4.69, 9.17) is 4.74 Å². The summed E-state index contributed by atoms with van der Waals surface area (Å²) in [6, 6.07) is 1.41. The van der Waals surface area contributed by atoms with Crippen molar-refractivity contribution in [2.24, 2.45) is 5.92 Å². The number of nitrogens with one attached hydrogen (secondary N) is 2. The number of H-pyrrole nitrogens is 1. The quantitative estimate of drug-likeness (QED) is 0.797. The number of sulfonamides is 1. The van der Waals surface area contributed by atoms with Gasteiger partial charge in [-0.2, -0.15) is 0 Å². The third kappa shape index (κ3) is 3.63. The van der Waals surface area contributed by atoms with E-state index >= 15 is 0 Å². The molecule has 2 rings (SSSR count).